The number of thioether (sulfide) groups is 1. The minimum Gasteiger partial charge on any atom is -0.326 e. The normalized spacial score (nSPS) is 22.6. The fourth-order valence-corrected chi connectivity index (χ4v) is 5.28. The van der Waals surface area contributed by atoms with Crippen LogP contribution in [0.5, 0.6) is 0 Å². The van der Waals surface area contributed by atoms with Crippen molar-refractivity contribution in [3.8, 4) is 0 Å². The summed E-state index contributed by atoms with van der Waals surface area (Å²) in [5, 5.41) is 0.274. The van der Waals surface area contributed by atoms with E-state index in [0.29, 0.717) is 5.56 Å². The van der Waals surface area contributed by atoms with Crippen molar-refractivity contribution in [2.45, 2.75) is 48.9 Å². The first kappa shape index (κ1) is 16.7. The average Bonchev–Trinajstić information content (AvgIpc) is 2.85. The van der Waals surface area contributed by atoms with E-state index >= 15 is 0 Å². The summed E-state index contributed by atoms with van der Waals surface area (Å²) in [6.07, 6.45) is 2.80. The summed E-state index contributed by atoms with van der Waals surface area (Å²) in [5.74, 6) is 0.200. The molecule has 2 atom stereocenters. The summed E-state index contributed by atoms with van der Waals surface area (Å²) in [6, 6.07) is 3.90. The lowest BCUT2D eigenvalue weighted by molar-refractivity contribution is 0.538. The second-order valence-corrected chi connectivity index (χ2v) is 8.32. The number of sulfonamides is 1. The fourth-order valence-electron chi connectivity index (χ4n) is 2.63. The summed E-state index contributed by atoms with van der Waals surface area (Å²) in [4.78, 5) is -0.299. The molecule has 0 aromatic heterocycles. The van der Waals surface area contributed by atoms with Crippen LogP contribution in [0, 0.1) is 5.82 Å². The lowest BCUT2D eigenvalue weighted by Gasteiger charge is -2.20. The Morgan fingerprint density at radius 2 is 2.19 bits per heavy atom. The number of benzene rings is 1. The van der Waals surface area contributed by atoms with Crippen LogP contribution < -0.4 is 10.5 Å². The molecule has 1 aliphatic rings. The van der Waals surface area contributed by atoms with Gasteiger partial charge in [0.15, 0.2) is 0 Å². The van der Waals surface area contributed by atoms with Crippen LogP contribution in [-0.2, 0) is 16.6 Å². The molecule has 1 aliphatic carbocycles. The lowest BCUT2D eigenvalue weighted by atomic mass is 10.2. The summed E-state index contributed by atoms with van der Waals surface area (Å²) >= 11 is 1.76. The van der Waals surface area contributed by atoms with Crippen LogP contribution in [0.15, 0.2) is 23.1 Å². The number of halogens is 1. The maximum atomic E-state index is 14.0. The van der Waals surface area contributed by atoms with Gasteiger partial charge in [0, 0.05) is 17.8 Å². The number of hydrogen-bond acceptors (Lipinski definition) is 4. The lowest BCUT2D eigenvalue weighted by Crippen LogP contribution is -2.39. The maximum Gasteiger partial charge on any atom is 0.243 e. The molecule has 2 rings (SSSR count). The van der Waals surface area contributed by atoms with Gasteiger partial charge in [0.25, 0.3) is 0 Å². The topological polar surface area (TPSA) is 72.2 Å². The SMILES string of the molecule is CCSC1CCCC1NS(=O)(=O)c1ccc(CN)cc1F. The Morgan fingerprint density at radius 3 is 2.81 bits per heavy atom. The molecule has 3 N–H and O–H groups in total. The Morgan fingerprint density at radius 1 is 1.43 bits per heavy atom. The van der Waals surface area contributed by atoms with E-state index in [9.17, 15) is 12.8 Å². The van der Waals surface area contributed by atoms with Gasteiger partial charge in [0.2, 0.25) is 10.0 Å². The van der Waals surface area contributed by atoms with Gasteiger partial charge in [-0.25, -0.2) is 17.5 Å². The van der Waals surface area contributed by atoms with Crippen LogP contribution in [0.1, 0.15) is 31.7 Å². The van der Waals surface area contributed by atoms with Crippen molar-refractivity contribution in [3.05, 3.63) is 29.6 Å². The van der Waals surface area contributed by atoms with Crippen molar-refractivity contribution < 1.29 is 12.8 Å². The highest BCUT2D eigenvalue weighted by molar-refractivity contribution is 8.00. The average molecular weight is 332 g/mol. The molecule has 0 amide bonds. The van der Waals surface area contributed by atoms with Crippen molar-refractivity contribution in [2.75, 3.05) is 5.75 Å². The molecule has 1 aromatic rings. The van der Waals surface area contributed by atoms with Crippen molar-refractivity contribution in [1.82, 2.24) is 4.72 Å². The van der Waals surface area contributed by atoms with Gasteiger partial charge in [-0.05, 0) is 36.3 Å². The van der Waals surface area contributed by atoms with Crippen LogP contribution in [0.25, 0.3) is 0 Å². The quantitative estimate of drug-likeness (QED) is 0.838. The van der Waals surface area contributed by atoms with E-state index in [-0.39, 0.29) is 22.7 Å². The van der Waals surface area contributed by atoms with Crippen LogP contribution in [0.3, 0.4) is 0 Å². The fraction of sp³-hybridized carbons (Fsp3) is 0.571. The molecular weight excluding hydrogens is 311 g/mol. The molecule has 0 saturated heterocycles. The third-order valence-corrected chi connectivity index (χ3v) is 6.51. The molecule has 0 spiro atoms. The van der Waals surface area contributed by atoms with Crippen molar-refractivity contribution in [3.63, 3.8) is 0 Å². The minimum atomic E-state index is -3.83. The molecule has 118 valence electrons. The Labute approximate surface area is 129 Å². The standard InChI is InChI=1S/C14H21FN2O2S2/c1-2-20-13-5-3-4-12(13)17-21(18,19)14-7-6-10(9-16)8-11(14)15/h6-8,12-13,17H,2-5,9,16H2,1H3. The molecule has 0 heterocycles. The summed E-state index contributed by atoms with van der Waals surface area (Å²) in [5.41, 5.74) is 6.00. The first-order valence-corrected chi connectivity index (χ1v) is 9.63. The molecule has 2 unspecified atom stereocenters. The highest BCUT2D eigenvalue weighted by Crippen LogP contribution is 2.31. The van der Waals surface area contributed by atoms with E-state index < -0.39 is 15.8 Å². The van der Waals surface area contributed by atoms with Gasteiger partial charge in [0.1, 0.15) is 10.7 Å². The largest absolute Gasteiger partial charge is 0.326 e. The maximum absolute atomic E-state index is 14.0. The van der Waals surface area contributed by atoms with E-state index in [1.54, 1.807) is 17.8 Å². The Hall–Kier alpha value is -0.630. The highest BCUT2D eigenvalue weighted by Gasteiger charge is 2.32. The van der Waals surface area contributed by atoms with Crippen LogP contribution in [-0.4, -0.2) is 25.5 Å². The molecule has 4 nitrogen and oxygen atoms in total. The molecule has 7 heteroatoms. The summed E-state index contributed by atoms with van der Waals surface area (Å²) < 4.78 is 41.4. The zero-order chi connectivity index (χ0) is 15.5. The molecule has 0 radical (unpaired) electrons. The van der Waals surface area contributed by atoms with Crippen LogP contribution in [0.2, 0.25) is 0 Å². The Bertz CT molecular complexity index is 593. The first-order chi connectivity index (χ1) is 9.97. The molecule has 0 bridgehead atoms. The van der Waals surface area contributed by atoms with Gasteiger partial charge in [-0.3, -0.25) is 0 Å². The van der Waals surface area contributed by atoms with E-state index in [0.717, 1.165) is 25.0 Å². The van der Waals surface area contributed by atoms with Crippen LogP contribution in [0.4, 0.5) is 4.39 Å². The van der Waals surface area contributed by atoms with E-state index in [4.69, 9.17) is 5.73 Å². The van der Waals surface area contributed by atoms with Gasteiger partial charge < -0.3 is 5.73 Å². The second-order valence-electron chi connectivity index (χ2n) is 5.12. The zero-order valence-corrected chi connectivity index (χ0v) is 13.6. The number of hydrogen-bond donors (Lipinski definition) is 2. The van der Waals surface area contributed by atoms with Gasteiger partial charge >= 0.3 is 0 Å². The Kier molecular flexibility index (Phi) is 5.65. The van der Waals surface area contributed by atoms with E-state index in [1.807, 2.05) is 0 Å². The summed E-state index contributed by atoms with van der Waals surface area (Å²) in [7, 11) is -3.83. The predicted molar refractivity (Wildman–Crippen MR) is 84.2 cm³/mol. The summed E-state index contributed by atoms with van der Waals surface area (Å²) in [6.45, 7) is 2.24. The minimum absolute atomic E-state index is 0.117. The van der Waals surface area contributed by atoms with Crippen molar-refractivity contribution in [2.24, 2.45) is 5.73 Å². The van der Waals surface area contributed by atoms with Gasteiger partial charge in [-0.1, -0.05) is 19.4 Å². The number of nitrogens with two attached hydrogens (primary N) is 1. The number of nitrogens with one attached hydrogen (secondary N) is 1. The third-order valence-electron chi connectivity index (χ3n) is 3.66. The Balaban J connectivity index is 2.18. The molecule has 21 heavy (non-hydrogen) atoms. The van der Waals surface area contributed by atoms with E-state index in [1.165, 1.54) is 12.1 Å². The highest BCUT2D eigenvalue weighted by atomic mass is 32.2. The van der Waals surface area contributed by atoms with Gasteiger partial charge in [-0.15, -0.1) is 0 Å². The molecule has 0 aliphatic heterocycles. The monoisotopic (exact) mass is 332 g/mol. The number of rotatable bonds is 6. The van der Waals surface area contributed by atoms with Gasteiger partial charge in [0.05, 0.1) is 0 Å². The molecule has 1 aromatic carbocycles. The first-order valence-electron chi connectivity index (χ1n) is 7.10. The third kappa shape index (κ3) is 3.97. The zero-order valence-electron chi connectivity index (χ0n) is 12.0. The van der Waals surface area contributed by atoms with Gasteiger partial charge in [-0.2, -0.15) is 11.8 Å². The smallest absolute Gasteiger partial charge is 0.243 e. The van der Waals surface area contributed by atoms with Crippen molar-refractivity contribution >= 4 is 21.8 Å². The second kappa shape index (κ2) is 7.09. The molecular formula is C14H21FN2O2S2. The van der Waals surface area contributed by atoms with Crippen LogP contribution >= 0.6 is 11.8 Å². The van der Waals surface area contributed by atoms with E-state index in [2.05, 4.69) is 11.6 Å². The van der Waals surface area contributed by atoms with Crippen molar-refractivity contribution in [1.29, 1.82) is 0 Å². The molecule has 1 saturated carbocycles. The molecule has 1 fully saturated rings. The predicted octanol–water partition coefficient (Wildman–Crippen LogP) is 2.24.